The van der Waals surface area contributed by atoms with Gasteiger partial charge in [0.2, 0.25) is 0 Å². The van der Waals surface area contributed by atoms with Crippen LogP contribution in [0.15, 0.2) is 24.3 Å². The van der Waals surface area contributed by atoms with E-state index in [0.29, 0.717) is 11.6 Å². The molecule has 0 aliphatic rings. The summed E-state index contributed by atoms with van der Waals surface area (Å²) in [7, 11) is 5.72. The smallest absolute Gasteiger partial charge is 0.354 e. The number of aromatic carboxylic acids is 1. The van der Waals surface area contributed by atoms with E-state index in [1.165, 1.54) is 10.2 Å². The average molecular weight is 287 g/mol. The molecule has 2 aromatic rings. The summed E-state index contributed by atoms with van der Waals surface area (Å²) < 4.78 is 1.42. The van der Waals surface area contributed by atoms with Gasteiger partial charge in [0.1, 0.15) is 0 Å². The van der Waals surface area contributed by atoms with Crippen LogP contribution in [0.4, 0.5) is 0 Å². The van der Waals surface area contributed by atoms with E-state index >= 15 is 0 Å². The number of hydrogen-bond acceptors (Lipinski definition) is 3. The third kappa shape index (κ3) is 2.83. The highest BCUT2D eigenvalue weighted by Crippen LogP contribution is 2.29. The van der Waals surface area contributed by atoms with Gasteiger partial charge in [-0.1, -0.05) is 24.3 Å². The van der Waals surface area contributed by atoms with E-state index in [-0.39, 0.29) is 5.69 Å². The van der Waals surface area contributed by atoms with Crippen LogP contribution in [0.2, 0.25) is 0 Å². The quantitative estimate of drug-likeness (QED) is 0.939. The topological polar surface area (TPSA) is 58.4 Å². The van der Waals surface area contributed by atoms with Crippen molar-refractivity contribution in [1.82, 2.24) is 14.7 Å². The first-order valence-corrected chi connectivity index (χ1v) is 6.86. The third-order valence-corrected chi connectivity index (χ3v) is 3.88. The molecule has 1 N–H and O–H groups in total. The Labute approximate surface area is 124 Å². The molecule has 0 aliphatic carbocycles. The fraction of sp³-hybridized carbons (Fsp3) is 0.375. The highest BCUT2D eigenvalue weighted by Gasteiger charge is 2.20. The van der Waals surface area contributed by atoms with Gasteiger partial charge in [0, 0.05) is 18.7 Å². The van der Waals surface area contributed by atoms with Crippen molar-refractivity contribution in [2.45, 2.75) is 19.9 Å². The highest BCUT2D eigenvalue weighted by molar-refractivity contribution is 5.95. The lowest BCUT2D eigenvalue weighted by molar-refractivity contribution is 0.0686. The predicted octanol–water partition coefficient (Wildman–Crippen LogP) is 2.72. The Kier molecular flexibility index (Phi) is 4.14. The summed E-state index contributed by atoms with van der Waals surface area (Å²) in [5.41, 5.74) is 3.72. The lowest BCUT2D eigenvalue weighted by Gasteiger charge is -2.20. The molecule has 1 heterocycles. The molecule has 21 heavy (non-hydrogen) atoms. The minimum Gasteiger partial charge on any atom is -0.477 e. The van der Waals surface area contributed by atoms with E-state index < -0.39 is 5.97 Å². The van der Waals surface area contributed by atoms with Gasteiger partial charge in [-0.25, -0.2) is 4.79 Å². The first-order chi connectivity index (χ1) is 9.82. The molecule has 1 unspecified atom stereocenters. The molecule has 1 atom stereocenters. The molecule has 5 nitrogen and oxygen atoms in total. The molecule has 0 spiro atoms. The zero-order valence-electron chi connectivity index (χ0n) is 13.1. The number of aryl methyl sites for hydroxylation is 2. The van der Waals surface area contributed by atoms with E-state index in [1.807, 2.05) is 45.3 Å². The molecule has 2 rings (SSSR count). The summed E-state index contributed by atoms with van der Waals surface area (Å²) in [5.74, 6) is -0.959. The van der Waals surface area contributed by atoms with Gasteiger partial charge in [-0.05, 0) is 39.1 Å². The second-order valence-electron chi connectivity index (χ2n) is 5.50. The van der Waals surface area contributed by atoms with Crippen molar-refractivity contribution in [1.29, 1.82) is 0 Å². The number of carboxylic acids is 1. The maximum atomic E-state index is 11.4. The molecule has 0 bridgehead atoms. The summed E-state index contributed by atoms with van der Waals surface area (Å²) in [4.78, 5) is 13.6. The summed E-state index contributed by atoms with van der Waals surface area (Å²) in [6.45, 7) is 3.96. The Hall–Kier alpha value is -2.14. The first kappa shape index (κ1) is 15.3. The molecule has 112 valence electrons. The third-order valence-electron chi connectivity index (χ3n) is 3.88. The molecular formula is C16H21N3O2. The van der Waals surface area contributed by atoms with E-state index in [1.54, 1.807) is 7.05 Å². The summed E-state index contributed by atoms with van der Waals surface area (Å²) in [5, 5.41) is 13.6. The van der Waals surface area contributed by atoms with Crippen LogP contribution in [-0.4, -0.2) is 39.9 Å². The maximum absolute atomic E-state index is 11.4. The van der Waals surface area contributed by atoms with Crippen LogP contribution in [0.5, 0.6) is 0 Å². The van der Waals surface area contributed by atoms with Crippen LogP contribution in [-0.2, 0) is 7.05 Å². The van der Waals surface area contributed by atoms with E-state index in [2.05, 4.69) is 16.9 Å². The van der Waals surface area contributed by atoms with Crippen LogP contribution in [0, 0.1) is 6.92 Å². The fourth-order valence-corrected chi connectivity index (χ4v) is 2.48. The van der Waals surface area contributed by atoms with Gasteiger partial charge < -0.3 is 10.0 Å². The second-order valence-corrected chi connectivity index (χ2v) is 5.50. The van der Waals surface area contributed by atoms with Gasteiger partial charge in [-0.3, -0.25) is 4.68 Å². The minimum atomic E-state index is -0.959. The fourth-order valence-electron chi connectivity index (χ4n) is 2.48. The molecule has 1 aromatic carbocycles. The lowest BCUT2D eigenvalue weighted by Crippen LogP contribution is -2.16. The zero-order valence-corrected chi connectivity index (χ0v) is 13.1. The van der Waals surface area contributed by atoms with Crippen molar-refractivity contribution in [2.24, 2.45) is 7.05 Å². The SMILES string of the molecule is Cc1nn(C)c(C(=O)O)c1-c1ccc(C(C)N(C)C)cc1. The van der Waals surface area contributed by atoms with Gasteiger partial charge in [0.05, 0.1) is 5.69 Å². The largest absolute Gasteiger partial charge is 0.477 e. The maximum Gasteiger partial charge on any atom is 0.354 e. The second kappa shape index (κ2) is 5.69. The number of benzene rings is 1. The number of carboxylic acid groups (broad SMARTS) is 1. The van der Waals surface area contributed by atoms with Gasteiger partial charge >= 0.3 is 5.97 Å². The predicted molar refractivity (Wildman–Crippen MR) is 82.4 cm³/mol. The van der Waals surface area contributed by atoms with Gasteiger partial charge in [-0.15, -0.1) is 0 Å². The van der Waals surface area contributed by atoms with Crippen LogP contribution in [0.3, 0.4) is 0 Å². The van der Waals surface area contributed by atoms with Gasteiger partial charge in [0.15, 0.2) is 5.69 Å². The number of nitrogens with zero attached hydrogens (tertiary/aromatic N) is 3. The van der Waals surface area contributed by atoms with Crippen LogP contribution in [0.1, 0.15) is 34.7 Å². The van der Waals surface area contributed by atoms with Gasteiger partial charge in [-0.2, -0.15) is 5.10 Å². The van der Waals surface area contributed by atoms with E-state index in [9.17, 15) is 9.90 Å². The number of rotatable bonds is 4. The lowest BCUT2D eigenvalue weighted by atomic mass is 9.99. The molecule has 1 aromatic heterocycles. The van der Waals surface area contributed by atoms with E-state index in [4.69, 9.17) is 0 Å². The Balaban J connectivity index is 2.47. The zero-order chi connectivity index (χ0) is 15.7. The number of aromatic nitrogens is 2. The van der Waals surface area contributed by atoms with Gasteiger partial charge in [0.25, 0.3) is 0 Å². The monoisotopic (exact) mass is 287 g/mol. The van der Waals surface area contributed by atoms with Crippen molar-refractivity contribution in [3.63, 3.8) is 0 Å². The molecule has 0 saturated heterocycles. The Morgan fingerprint density at radius 2 is 1.86 bits per heavy atom. The summed E-state index contributed by atoms with van der Waals surface area (Å²) in [6, 6.07) is 8.32. The molecule has 0 fully saturated rings. The summed E-state index contributed by atoms with van der Waals surface area (Å²) in [6.07, 6.45) is 0. The Bertz CT molecular complexity index is 657. The molecule has 0 aliphatic heterocycles. The molecule has 0 saturated carbocycles. The average Bonchev–Trinajstić information content (AvgIpc) is 2.72. The van der Waals surface area contributed by atoms with Crippen molar-refractivity contribution < 1.29 is 9.90 Å². The van der Waals surface area contributed by atoms with Crippen molar-refractivity contribution >= 4 is 5.97 Å². The minimum absolute atomic E-state index is 0.223. The van der Waals surface area contributed by atoms with Crippen LogP contribution in [0.25, 0.3) is 11.1 Å². The molecule has 5 heteroatoms. The van der Waals surface area contributed by atoms with Crippen LogP contribution < -0.4 is 0 Å². The van der Waals surface area contributed by atoms with Crippen molar-refractivity contribution in [3.05, 3.63) is 41.2 Å². The Morgan fingerprint density at radius 3 is 2.33 bits per heavy atom. The Morgan fingerprint density at radius 1 is 1.29 bits per heavy atom. The van der Waals surface area contributed by atoms with Crippen molar-refractivity contribution in [3.8, 4) is 11.1 Å². The summed E-state index contributed by atoms with van der Waals surface area (Å²) >= 11 is 0. The number of hydrogen-bond donors (Lipinski definition) is 1. The normalized spacial score (nSPS) is 12.7. The van der Waals surface area contributed by atoms with Crippen molar-refractivity contribution in [2.75, 3.05) is 14.1 Å². The first-order valence-electron chi connectivity index (χ1n) is 6.86. The van der Waals surface area contributed by atoms with Crippen LogP contribution >= 0.6 is 0 Å². The highest BCUT2D eigenvalue weighted by atomic mass is 16.4. The molecule has 0 radical (unpaired) electrons. The van der Waals surface area contributed by atoms with E-state index in [0.717, 1.165) is 11.3 Å². The number of carbonyl (C=O) groups is 1. The molecular weight excluding hydrogens is 266 g/mol. The molecule has 0 amide bonds. The standard InChI is InChI=1S/C16H21N3O2/c1-10-14(15(16(20)21)19(5)17-10)13-8-6-12(7-9-13)11(2)18(3)4/h6-9,11H,1-5H3,(H,20,21).